The lowest BCUT2D eigenvalue weighted by Gasteiger charge is -2.25. The molecule has 3 N–H and O–H groups in total. The molecule has 4 nitrogen and oxygen atoms in total. The lowest BCUT2D eigenvalue weighted by molar-refractivity contribution is 0.441. The van der Waals surface area contributed by atoms with E-state index in [1.165, 1.54) is 0 Å². The van der Waals surface area contributed by atoms with Gasteiger partial charge in [-0.2, -0.15) is 0 Å². The van der Waals surface area contributed by atoms with Gasteiger partial charge < -0.3 is 15.4 Å². The summed E-state index contributed by atoms with van der Waals surface area (Å²) in [6.07, 6.45) is 1.88. The Hall–Kier alpha value is -1.81. The molecule has 0 atom stereocenters. The van der Waals surface area contributed by atoms with Gasteiger partial charge in [0.05, 0.1) is 0 Å². The maximum Gasteiger partial charge on any atom is 0.137 e. The third-order valence-electron chi connectivity index (χ3n) is 2.94. The first-order chi connectivity index (χ1) is 7.83. The number of imidazole rings is 1. The van der Waals surface area contributed by atoms with Crippen LogP contribution in [-0.4, -0.2) is 28.2 Å². The first kappa shape index (κ1) is 9.42. The minimum Gasteiger partial charge on any atom is -0.508 e. The van der Waals surface area contributed by atoms with Crippen LogP contribution in [0.5, 0.6) is 5.75 Å². The molecule has 2 aromatic rings. The van der Waals surface area contributed by atoms with Crippen molar-refractivity contribution < 1.29 is 5.11 Å². The van der Waals surface area contributed by atoms with Crippen LogP contribution in [0, 0.1) is 0 Å². The molecule has 0 bridgehead atoms. The molecule has 4 heteroatoms. The standard InChI is InChI=1S/C12H13N3O/c16-10-3-1-2-8(4-10)12-14-7-11(15-12)9-5-13-6-9/h1-4,7,9,13,16H,5-6H2,(H,14,15). The zero-order valence-corrected chi connectivity index (χ0v) is 8.77. The van der Waals surface area contributed by atoms with Gasteiger partial charge in [-0.15, -0.1) is 0 Å². The third kappa shape index (κ3) is 1.57. The number of H-pyrrole nitrogens is 1. The van der Waals surface area contributed by atoms with E-state index in [1.54, 1.807) is 12.1 Å². The topological polar surface area (TPSA) is 60.9 Å². The van der Waals surface area contributed by atoms with Crippen molar-refractivity contribution in [1.29, 1.82) is 0 Å². The maximum absolute atomic E-state index is 9.40. The highest BCUT2D eigenvalue weighted by Crippen LogP contribution is 2.24. The zero-order chi connectivity index (χ0) is 11.0. The Labute approximate surface area is 93.4 Å². The number of phenols is 1. The fourth-order valence-electron chi connectivity index (χ4n) is 1.85. The van der Waals surface area contributed by atoms with E-state index in [4.69, 9.17) is 0 Å². The van der Waals surface area contributed by atoms with E-state index in [1.807, 2.05) is 18.3 Å². The van der Waals surface area contributed by atoms with Gasteiger partial charge in [0, 0.05) is 36.5 Å². The summed E-state index contributed by atoms with van der Waals surface area (Å²) in [5.41, 5.74) is 2.08. The van der Waals surface area contributed by atoms with Crippen LogP contribution in [0.15, 0.2) is 30.5 Å². The summed E-state index contributed by atoms with van der Waals surface area (Å²) in [4.78, 5) is 7.63. The van der Waals surface area contributed by atoms with Crippen LogP contribution >= 0.6 is 0 Å². The lowest BCUT2D eigenvalue weighted by Crippen LogP contribution is -2.40. The molecule has 0 saturated carbocycles. The summed E-state index contributed by atoms with van der Waals surface area (Å²) in [6, 6.07) is 7.12. The van der Waals surface area contributed by atoms with Crippen molar-refractivity contribution in [2.24, 2.45) is 0 Å². The normalized spacial score (nSPS) is 16.0. The van der Waals surface area contributed by atoms with E-state index >= 15 is 0 Å². The molecule has 1 fully saturated rings. The van der Waals surface area contributed by atoms with Crippen LogP contribution in [-0.2, 0) is 0 Å². The number of rotatable bonds is 2. The van der Waals surface area contributed by atoms with Gasteiger partial charge in [0.25, 0.3) is 0 Å². The van der Waals surface area contributed by atoms with Crippen molar-refractivity contribution in [3.8, 4) is 17.1 Å². The fraction of sp³-hybridized carbons (Fsp3) is 0.250. The monoisotopic (exact) mass is 215 g/mol. The number of nitrogens with zero attached hydrogens (tertiary/aromatic N) is 1. The average molecular weight is 215 g/mol. The first-order valence-electron chi connectivity index (χ1n) is 5.38. The van der Waals surface area contributed by atoms with Crippen molar-refractivity contribution in [2.45, 2.75) is 5.92 Å². The first-order valence-corrected chi connectivity index (χ1v) is 5.38. The number of hydrogen-bond acceptors (Lipinski definition) is 3. The molecule has 3 rings (SSSR count). The van der Waals surface area contributed by atoms with Gasteiger partial charge >= 0.3 is 0 Å². The smallest absolute Gasteiger partial charge is 0.137 e. The highest BCUT2D eigenvalue weighted by molar-refractivity contribution is 5.57. The number of hydrogen-bond donors (Lipinski definition) is 3. The highest BCUT2D eigenvalue weighted by atomic mass is 16.3. The molecule has 1 aromatic heterocycles. The summed E-state index contributed by atoms with van der Waals surface area (Å²) in [5.74, 6) is 1.64. The van der Waals surface area contributed by atoms with E-state index in [-0.39, 0.29) is 5.75 Å². The Balaban J connectivity index is 1.91. The number of aromatic amines is 1. The zero-order valence-electron chi connectivity index (χ0n) is 8.77. The van der Waals surface area contributed by atoms with Crippen molar-refractivity contribution >= 4 is 0 Å². The maximum atomic E-state index is 9.40. The number of aromatic nitrogens is 2. The van der Waals surface area contributed by atoms with Crippen LogP contribution in [0.25, 0.3) is 11.4 Å². The molecular formula is C12H13N3O. The van der Waals surface area contributed by atoms with Crippen LogP contribution in [0.3, 0.4) is 0 Å². The molecular weight excluding hydrogens is 202 g/mol. The Morgan fingerprint density at radius 1 is 1.31 bits per heavy atom. The number of aromatic hydroxyl groups is 1. The van der Waals surface area contributed by atoms with Gasteiger partial charge in [0.2, 0.25) is 0 Å². The Morgan fingerprint density at radius 3 is 2.88 bits per heavy atom. The molecule has 16 heavy (non-hydrogen) atoms. The van der Waals surface area contributed by atoms with Gasteiger partial charge in [-0.3, -0.25) is 0 Å². The van der Waals surface area contributed by atoms with E-state index < -0.39 is 0 Å². The molecule has 1 saturated heterocycles. The average Bonchev–Trinajstić information content (AvgIpc) is 2.64. The summed E-state index contributed by atoms with van der Waals surface area (Å²) < 4.78 is 0. The van der Waals surface area contributed by atoms with E-state index in [9.17, 15) is 5.11 Å². The van der Waals surface area contributed by atoms with Crippen LogP contribution < -0.4 is 5.32 Å². The van der Waals surface area contributed by atoms with E-state index in [0.29, 0.717) is 5.92 Å². The molecule has 0 radical (unpaired) electrons. The summed E-state index contributed by atoms with van der Waals surface area (Å²) in [5, 5.41) is 12.6. The molecule has 1 aliphatic rings. The molecule has 0 aliphatic carbocycles. The fourth-order valence-corrected chi connectivity index (χ4v) is 1.85. The number of nitrogens with one attached hydrogen (secondary N) is 2. The van der Waals surface area contributed by atoms with Crippen LogP contribution in [0.2, 0.25) is 0 Å². The molecule has 2 heterocycles. The predicted molar refractivity (Wildman–Crippen MR) is 61.3 cm³/mol. The van der Waals surface area contributed by atoms with Crippen molar-refractivity contribution in [3.63, 3.8) is 0 Å². The minimum absolute atomic E-state index is 0.265. The molecule has 82 valence electrons. The van der Waals surface area contributed by atoms with E-state index in [0.717, 1.165) is 30.2 Å². The highest BCUT2D eigenvalue weighted by Gasteiger charge is 2.20. The van der Waals surface area contributed by atoms with Crippen molar-refractivity contribution in [2.75, 3.05) is 13.1 Å². The number of phenolic OH excluding ortho intramolecular Hbond substituents is 1. The Morgan fingerprint density at radius 2 is 2.19 bits per heavy atom. The van der Waals surface area contributed by atoms with Gasteiger partial charge in [-0.05, 0) is 12.1 Å². The Kier molecular flexibility index (Phi) is 2.15. The predicted octanol–water partition coefficient (Wildman–Crippen LogP) is 1.47. The molecule has 1 aliphatic heterocycles. The molecule has 0 unspecified atom stereocenters. The summed E-state index contributed by atoms with van der Waals surface area (Å²) in [7, 11) is 0. The largest absolute Gasteiger partial charge is 0.508 e. The second-order valence-corrected chi connectivity index (χ2v) is 4.09. The Bertz CT molecular complexity index is 502. The quantitative estimate of drug-likeness (QED) is 0.711. The SMILES string of the molecule is Oc1cccc(-c2ncc(C3CNC3)[nH]2)c1. The van der Waals surface area contributed by atoms with Crippen molar-refractivity contribution in [3.05, 3.63) is 36.2 Å². The minimum atomic E-state index is 0.265. The van der Waals surface area contributed by atoms with Gasteiger partial charge in [-0.25, -0.2) is 4.98 Å². The summed E-state index contributed by atoms with van der Waals surface area (Å²) >= 11 is 0. The van der Waals surface area contributed by atoms with Gasteiger partial charge in [0.1, 0.15) is 11.6 Å². The molecule has 0 amide bonds. The van der Waals surface area contributed by atoms with E-state index in [2.05, 4.69) is 15.3 Å². The summed E-state index contributed by atoms with van der Waals surface area (Å²) in [6.45, 7) is 2.03. The van der Waals surface area contributed by atoms with Gasteiger partial charge in [0.15, 0.2) is 0 Å². The van der Waals surface area contributed by atoms with Gasteiger partial charge in [-0.1, -0.05) is 12.1 Å². The molecule has 1 aromatic carbocycles. The van der Waals surface area contributed by atoms with Crippen molar-refractivity contribution in [1.82, 2.24) is 15.3 Å². The van der Waals surface area contributed by atoms with Crippen LogP contribution in [0.1, 0.15) is 11.6 Å². The van der Waals surface area contributed by atoms with Crippen LogP contribution in [0.4, 0.5) is 0 Å². The number of benzene rings is 1. The second-order valence-electron chi connectivity index (χ2n) is 4.09. The lowest BCUT2D eigenvalue weighted by atomic mass is 10.0. The second kappa shape index (κ2) is 3.64. The molecule has 0 spiro atoms. The third-order valence-corrected chi connectivity index (χ3v) is 2.94.